The van der Waals surface area contributed by atoms with Crippen molar-refractivity contribution in [1.29, 1.82) is 0 Å². The van der Waals surface area contributed by atoms with Gasteiger partial charge in [-0.15, -0.1) is 0 Å². The quantitative estimate of drug-likeness (QED) is 0.559. The molecular weight excluding hydrogens is 396 g/mol. The monoisotopic (exact) mass is 420 g/mol. The number of H-pyrrole nitrogens is 1. The SMILES string of the molecule is COC(=O)Nc1ccc(-c2cnc(C3C(c4ccccc4)CCCN3C(=O)O)[nH]2)cc1. The number of ether oxygens (including phenoxy) is 1. The molecule has 1 aromatic heterocycles. The third-order valence-corrected chi connectivity index (χ3v) is 5.61. The van der Waals surface area contributed by atoms with Gasteiger partial charge in [0.1, 0.15) is 5.82 Å². The second-order valence-corrected chi connectivity index (χ2v) is 7.46. The van der Waals surface area contributed by atoms with Crippen LogP contribution in [0.1, 0.15) is 36.2 Å². The molecular formula is C23H24N4O4. The number of amides is 2. The van der Waals surface area contributed by atoms with Crippen LogP contribution in [0.15, 0.2) is 60.8 Å². The smallest absolute Gasteiger partial charge is 0.411 e. The van der Waals surface area contributed by atoms with Crippen LogP contribution in [-0.2, 0) is 4.74 Å². The minimum absolute atomic E-state index is 0.0247. The molecule has 4 rings (SSSR count). The van der Waals surface area contributed by atoms with E-state index in [1.165, 1.54) is 12.0 Å². The molecule has 3 aromatic rings. The van der Waals surface area contributed by atoms with Gasteiger partial charge in [0.2, 0.25) is 0 Å². The van der Waals surface area contributed by atoms with E-state index < -0.39 is 12.2 Å². The second kappa shape index (κ2) is 8.91. The fourth-order valence-electron chi connectivity index (χ4n) is 4.13. The number of nitrogens with one attached hydrogen (secondary N) is 2. The first kappa shape index (κ1) is 20.5. The number of nitrogens with zero attached hydrogens (tertiary/aromatic N) is 2. The van der Waals surface area contributed by atoms with Gasteiger partial charge in [-0.1, -0.05) is 42.5 Å². The highest BCUT2D eigenvalue weighted by Crippen LogP contribution is 2.42. The van der Waals surface area contributed by atoms with E-state index in [1.54, 1.807) is 18.3 Å². The van der Waals surface area contributed by atoms with Crippen LogP contribution in [-0.4, -0.2) is 45.8 Å². The van der Waals surface area contributed by atoms with Gasteiger partial charge in [0.15, 0.2) is 0 Å². The summed E-state index contributed by atoms with van der Waals surface area (Å²) in [5.74, 6) is 0.652. The van der Waals surface area contributed by atoms with Gasteiger partial charge in [-0.25, -0.2) is 14.6 Å². The summed E-state index contributed by atoms with van der Waals surface area (Å²) in [7, 11) is 1.31. The van der Waals surface area contributed by atoms with Gasteiger partial charge >= 0.3 is 12.2 Å². The Labute approximate surface area is 179 Å². The van der Waals surface area contributed by atoms with Gasteiger partial charge in [-0.05, 0) is 36.1 Å². The maximum atomic E-state index is 12.0. The van der Waals surface area contributed by atoms with Crippen molar-refractivity contribution >= 4 is 17.9 Å². The van der Waals surface area contributed by atoms with Crippen molar-refractivity contribution in [1.82, 2.24) is 14.9 Å². The van der Waals surface area contributed by atoms with Crippen LogP contribution in [0.3, 0.4) is 0 Å². The molecule has 0 spiro atoms. The maximum Gasteiger partial charge on any atom is 0.411 e. The Balaban J connectivity index is 1.63. The number of carbonyl (C=O) groups is 2. The molecule has 2 unspecified atom stereocenters. The predicted octanol–water partition coefficient (Wildman–Crippen LogP) is 4.85. The lowest BCUT2D eigenvalue weighted by molar-refractivity contribution is 0.0934. The fourth-order valence-corrected chi connectivity index (χ4v) is 4.13. The molecule has 0 saturated carbocycles. The van der Waals surface area contributed by atoms with E-state index in [0.717, 1.165) is 29.7 Å². The zero-order valence-corrected chi connectivity index (χ0v) is 17.1. The average Bonchev–Trinajstić information content (AvgIpc) is 3.29. The third-order valence-electron chi connectivity index (χ3n) is 5.61. The predicted molar refractivity (Wildman–Crippen MR) is 116 cm³/mol. The van der Waals surface area contributed by atoms with E-state index in [1.807, 2.05) is 42.5 Å². The average molecular weight is 420 g/mol. The second-order valence-electron chi connectivity index (χ2n) is 7.46. The number of carbonyl (C=O) groups excluding carboxylic acids is 1. The zero-order chi connectivity index (χ0) is 21.8. The molecule has 1 aliphatic rings. The summed E-state index contributed by atoms with van der Waals surface area (Å²) in [6.07, 6.45) is 1.94. The molecule has 31 heavy (non-hydrogen) atoms. The molecule has 0 aliphatic carbocycles. The number of aromatic amines is 1. The highest BCUT2D eigenvalue weighted by atomic mass is 16.5. The summed E-state index contributed by atoms with van der Waals surface area (Å²) in [6, 6.07) is 16.9. The van der Waals surface area contributed by atoms with Crippen molar-refractivity contribution in [2.45, 2.75) is 24.8 Å². The van der Waals surface area contributed by atoms with Crippen LogP contribution in [0.5, 0.6) is 0 Å². The summed E-state index contributed by atoms with van der Waals surface area (Å²) in [4.78, 5) is 32.7. The Kier molecular flexibility index (Phi) is 5.88. The minimum atomic E-state index is -0.943. The number of anilines is 1. The molecule has 8 nitrogen and oxygen atoms in total. The molecule has 1 fully saturated rings. The molecule has 160 valence electrons. The number of hydrogen-bond donors (Lipinski definition) is 3. The van der Waals surface area contributed by atoms with Crippen LogP contribution < -0.4 is 5.32 Å². The molecule has 8 heteroatoms. The van der Waals surface area contributed by atoms with Gasteiger partial charge < -0.3 is 14.8 Å². The standard InChI is InChI=1S/C23H24N4O4/c1-31-22(28)25-17-11-9-16(10-12-17)19-14-24-21(26-19)20-18(15-6-3-2-4-7-15)8-5-13-27(20)23(29)30/h2-4,6-7,9-12,14,18,20H,5,8,13H2,1H3,(H,24,26)(H,25,28)(H,29,30). The Morgan fingerprint density at radius 1 is 1.16 bits per heavy atom. The number of piperidine rings is 1. The summed E-state index contributed by atoms with van der Waals surface area (Å²) in [5, 5.41) is 12.4. The molecule has 1 saturated heterocycles. The minimum Gasteiger partial charge on any atom is -0.465 e. The lowest BCUT2D eigenvalue weighted by Crippen LogP contribution is -2.41. The first-order valence-corrected chi connectivity index (χ1v) is 10.1. The number of imidazole rings is 1. The van der Waals surface area contributed by atoms with Gasteiger partial charge in [-0.3, -0.25) is 10.2 Å². The Hall–Kier alpha value is -3.81. The van der Waals surface area contributed by atoms with E-state index in [2.05, 4.69) is 20.0 Å². The Morgan fingerprint density at radius 2 is 1.90 bits per heavy atom. The summed E-state index contributed by atoms with van der Waals surface area (Å²) < 4.78 is 4.60. The Morgan fingerprint density at radius 3 is 2.58 bits per heavy atom. The maximum absolute atomic E-state index is 12.0. The number of carboxylic acid groups (broad SMARTS) is 1. The van der Waals surface area contributed by atoms with E-state index in [4.69, 9.17) is 0 Å². The van der Waals surface area contributed by atoms with E-state index in [-0.39, 0.29) is 12.0 Å². The topological polar surface area (TPSA) is 108 Å². The Bertz CT molecular complexity index is 1050. The number of rotatable bonds is 4. The molecule has 2 aromatic carbocycles. The fraction of sp³-hybridized carbons (Fsp3) is 0.261. The number of benzene rings is 2. The molecule has 2 atom stereocenters. The molecule has 2 heterocycles. The van der Waals surface area contributed by atoms with Crippen molar-refractivity contribution in [3.63, 3.8) is 0 Å². The largest absolute Gasteiger partial charge is 0.465 e. The summed E-state index contributed by atoms with van der Waals surface area (Å²) in [5.41, 5.74) is 3.38. The van der Waals surface area contributed by atoms with Crippen molar-refractivity contribution in [3.05, 3.63) is 72.2 Å². The van der Waals surface area contributed by atoms with Gasteiger partial charge in [0.25, 0.3) is 0 Å². The highest BCUT2D eigenvalue weighted by Gasteiger charge is 2.38. The normalized spacial score (nSPS) is 18.4. The van der Waals surface area contributed by atoms with E-state index in [9.17, 15) is 14.7 Å². The van der Waals surface area contributed by atoms with Crippen LogP contribution in [0.2, 0.25) is 0 Å². The van der Waals surface area contributed by atoms with Crippen LogP contribution in [0.25, 0.3) is 11.3 Å². The molecule has 1 aliphatic heterocycles. The highest BCUT2D eigenvalue weighted by molar-refractivity contribution is 5.84. The van der Waals surface area contributed by atoms with Crippen molar-refractivity contribution in [2.75, 3.05) is 19.0 Å². The van der Waals surface area contributed by atoms with Crippen molar-refractivity contribution in [2.24, 2.45) is 0 Å². The third kappa shape index (κ3) is 4.37. The first-order chi connectivity index (χ1) is 15.1. The lowest BCUT2D eigenvalue weighted by atomic mass is 9.83. The van der Waals surface area contributed by atoms with Crippen LogP contribution >= 0.6 is 0 Å². The number of methoxy groups -OCH3 is 1. The van der Waals surface area contributed by atoms with Crippen molar-refractivity contribution < 1.29 is 19.4 Å². The number of likely N-dealkylation sites (tertiary alicyclic amines) is 1. The lowest BCUT2D eigenvalue weighted by Gasteiger charge is -2.38. The van der Waals surface area contributed by atoms with Crippen molar-refractivity contribution in [3.8, 4) is 11.3 Å². The molecule has 0 bridgehead atoms. The molecule has 3 N–H and O–H groups in total. The van der Waals surface area contributed by atoms with Gasteiger partial charge in [0, 0.05) is 18.2 Å². The van der Waals surface area contributed by atoms with E-state index >= 15 is 0 Å². The zero-order valence-electron chi connectivity index (χ0n) is 17.1. The summed E-state index contributed by atoms with van der Waals surface area (Å²) in [6.45, 7) is 0.479. The van der Waals surface area contributed by atoms with Crippen LogP contribution in [0, 0.1) is 0 Å². The first-order valence-electron chi connectivity index (χ1n) is 10.1. The molecule has 0 radical (unpaired) electrons. The van der Waals surface area contributed by atoms with E-state index in [0.29, 0.717) is 18.1 Å². The molecule has 2 amide bonds. The number of aromatic nitrogens is 2. The van der Waals surface area contributed by atoms with Gasteiger partial charge in [-0.2, -0.15) is 0 Å². The summed E-state index contributed by atoms with van der Waals surface area (Å²) >= 11 is 0. The number of hydrogen-bond acceptors (Lipinski definition) is 4. The van der Waals surface area contributed by atoms with Crippen LogP contribution in [0.4, 0.5) is 15.3 Å². The van der Waals surface area contributed by atoms with Gasteiger partial charge in [0.05, 0.1) is 25.0 Å².